The van der Waals surface area contributed by atoms with Crippen molar-refractivity contribution in [3.63, 3.8) is 0 Å². The molecule has 3 N–H and O–H groups in total. The monoisotopic (exact) mass is 325 g/mol. The van der Waals surface area contributed by atoms with Gasteiger partial charge in [0, 0.05) is 5.56 Å². The number of benzene rings is 1. The molecule has 1 aromatic carbocycles. The van der Waals surface area contributed by atoms with Gasteiger partial charge in [-0.25, -0.2) is 19.7 Å². The summed E-state index contributed by atoms with van der Waals surface area (Å²) in [5.41, 5.74) is 0.376. The van der Waals surface area contributed by atoms with Crippen LogP contribution in [0.5, 0.6) is 0 Å². The lowest BCUT2D eigenvalue weighted by atomic mass is 10.2. The topological polar surface area (TPSA) is 120 Å². The maximum atomic E-state index is 13.4. The second-order valence-corrected chi connectivity index (χ2v) is 4.47. The van der Waals surface area contributed by atoms with E-state index in [0.29, 0.717) is 0 Å². The van der Waals surface area contributed by atoms with E-state index in [-0.39, 0.29) is 16.3 Å². The zero-order valence-corrected chi connectivity index (χ0v) is 11.6. The lowest BCUT2D eigenvalue weighted by Crippen LogP contribution is -2.31. The molecule has 0 radical (unpaired) electrons. The number of hydrazone groups is 1. The van der Waals surface area contributed by atoms with Crippen LogP contribution in [0.4, 0.5) is 4.39 Å². The summed E-state index contributed by atoms with van der Waals surface area (Å²) in [6, 6.07) is 4.10. The van der Waals surface area contributed by atoms with Gasteiger partial charge < -0.3 is 0 Å². The minimum absolute atomic E-state index is 0.0180. The molecule has 0 saturated carbocycles. The molecular formula is C12H9ClFN5O3. The van der Waals surface area contributed by atoms with E-state index in [0.717, 1.165) is 6.21 Å². The Bertz CT molecular complexity index is 825. The van der Waals surface area contributed by atoms with E-state index in [1.807, 2.05) is 10.1 Å². The summed E-state index contributed by atoms with van der Waals surface area (Å²) in [4.78, 5) is 35.6. The Morgan fingerprint density at radius 3 is 2.91 bits per heavy atom. The van der Waals surface area contributed by atoms with E-state index in [9.17, 15) is 18.8 Å². The largest absolute Gasteiger partial charge is 0.342 e. The van der Waals surface area contributed by atoms with Crippen molar-refractivity contribution in [2.75, 3.05) is 0 Å². The van der Waals surface area contributed by atoms with Crippen LogP contribution in [0, 0.1) is 5.82 Å². The number of nitrogens with one attached hydrogen (secondary N) is 3. The van der Waals surface area contributed by atoms with Crippen LogP contribution in [0.2, 0.25) is 5.02 Å². The second kappa shape index (κ2) is 6.76. The zero-order valence-electron chi connectivity index (χ0n) is 10.9. The maximum Gasteiger partial charge on any atom is 0.342 e. The van der Waals surface area contributed by atoms with Gasteiger partial charge in [-0.15, -0.1) is 0 Å². The van der Waals surface area contributed by atoms with Gasteiger partial charge in [-0.2, -0.15) is 10.2 Å². The SMILES string of the molecule is O=C(Cc1n[nH]c(=O)[nH]c1=O)NN=Cc1c(F)cccc1Cl. The molecule has 8 nitrogen and oxygen atoms in total. The smallest absolute Gasteiger partial charge is 0.273 e. The quantitative estimate of drug-likeness (QED) is 0.539. The summed E-state index contributed by atoms with van der Waals surface area (Å²) in [5, 5.41) is 9.12. The number of carbonyl (C=O) groups is 1. The fourth-order valence-electron chi connectivity index (χ4n) is 1.49. The summed E-state index contributed by atoms with van der Waals surface area (Å²) in [6.07, 6.45) is 0.633. The van der Waals surface area contributed by atoms with Crippen LogP contribution in [0.25, 0.3) is 0 Å². The maximum absolute atomic E-state index is 13.4. The first-order chi connectivity index (χ1) is 10.5. The fraction of sp³-hybridized carbons (Fsp3) is 0.0833. The number of nitrogens with zero attached hydrogens (tertiary/aromatic N) is 2. The number of carbonyl (C=O) groups excluding carboxylic acids is 1. The summed E-state index contributed by atoms with van der Waals surface area (Å²) >= 11 is 5.78. The average molecular weight is 326 g/mol. The molecule has 22 heavy (non-hydrogen) atoms. The first-order valence-corrected chi connectivity index (χ1v) is 6.29. The minimum atomic E-state index is -0.778. The highest BCUT2D eigenvalue weighted by Gasteiger charge is 2.09. The van der Waals surface area contributed by atoms with Gasteiger partial charge in [0.05, 0.1) is 17.7 Å². The van der Waals surface area contributed by atoms with Crippen LogP contribution < -0.4 is 16.7 Å². The van der Waals surface area contributed by atoms with Gasteiger partial charge >= 0.3 is 5.69 Å². The number of aromatic nitrogens is 3. The van der Waals surface area contributed by atoms with Crippen molar-refractivity contribution in [3.8, 4) is 0 Å². The van der Waals surface area contributed by atoms with Crippen LogP contribution in [0.1, 0.15) is 11.3 Å². The van der Waals surface area contributed by atoms with Crippen molar-refractivity contribution in [2.45, 2.75) is 6.42 Å². The predicted molar refractivity (Wildman–Crippen MR) is 76.3 cm³/mol. The number of halogens is 2. The van der Waals surface area contributed by atoms with E-state index in [4.69, 9.17) is 11.6 Å². The van der Waals surface area contributed by atoms with E-state index in [1.54, 1.807) is 0 Å². The van der Waals surface area contributed by atoms with Gasteiger partial charge in [0.25, 0.3) is 5.56 Å². The second-order valence-electron chi connectivity index (χ2n) is 4.06. The number of hydrogen-bond donors (Lipinski definition) is 3. The van der Waals surface area contributed by atoms with Gasteiger partial charge in [-0.05, 0) is 12.1 Å². The van der Waals surface area contributed by atoms with E-state index >= 15 is 0 Å². The molecule has 0 aliphatic carbocycles. The number of hydrogen-bond acceptors (Lipinski definition) is 5. The van der Waals surface area contributed by atoms with Crippen LogP contribution >= 0.6 is 11.6 Å². The van der Waals surface area contributed by atoms with Gasteiger partial charge in [-0.3, -0.25) is 14.6 Å². The van der Waals surface area contributed by atoms with Crippen molar-refractivity contribution in [3.05, 3.63) is 61.1 Å². The van der Waals surface area contributed by atoms with Crippen molar-refractivity contribution in [2.24, 2.45) is 5.10 Å². The highest BCUT2D eigenvalue weighted by molar-refractivity contribution is 6.33. The van der Waals surface area contributed by atoms with Crippen LogP contribution in [0.15, 0.2) is 32.9 Å². The van der Waals surface area contributed by atoms with E-state index in [2.05, 4.69) is 15.6 Å². The number of aromatic amines is 2. The Balaban J connectivity index is 2.02. The Morgan fingerprint density at radius 1 is 1.45 bits per heavy atom. The van der Waals surface area contributed by atoms with Crippen molar-refractivity contribution in [1.82, 2.24) is 20.6 Å². The lowest BCUT2D eigenvalue weighted by molar-refractivity contribution is -0.120. The number of H-pyrrole nitrogens is 2. The standard InChI is InChI=1S/C12H9ClFN5O3/c13-7-2-1-3-8(14)6(7)5-15-18-10(20)4-9-11(21)16-12(22)19-17-9/h1-3,5H,4H2,(H,18,20)(H2,16,19,21,22). The third kappa shape index (κ3) is 3.85. The number of amides is 1. The molecule has 0 saturated heterocycles. The zero-order chi connectivity index (χ0) is 16.1. The third-order valence-corrected chi connectivity index (χ3v) is 2.82. The first-order valence-electron chi connectivity index (χ1n) is 5.91. The molecule has 0 aliphatic rings. The molecule has 0 spiro atoms. The third-order valence-electron chi connectivity index (χ3n) is 2.49. The highest BCUT2D eigenvalue weighted by atomic mass is 35.5. The molecule has 0 atom stereocenters. The molecule has 10 heteroatoms. The first kappa shape index (κ1) is 15.6. The van der Waals surface area contributed by atoms with Crippen molar-refractivity contribution < 1.29 is 9.18 Å². The molecule has 1 amide bonds. The van der Waals surface area contributed by atoms with Crippen LogP contribution in [-0.4, -0.2) is 27.3 Å². The molecule has 2 rings (SSSR count). The van der Waals surface area contributed by atoms with E-state index in [1.165, 1.54) is 18.2 Å². The molecule has 2 aromatic rings. The van der Waals surface area contributed by atoms with Crippen molar-refractivity contribution in [1.29, 1.82) is 0 Å². The molecule has 0 bridgehead atoms. The molecule has 0 fully saturated rings. The molecule has 0 aliphatic heterocycles. The Hall–Kier alpha value is -2.81. The summed E-state index contributed by atoms with van der Waals surface area (Å²) in [7, 11) is 0. The summed E-state index contributed by atoms with van der Waals surface area (Å²) in [5.74, 6) is -1.27. The average Bonchev–Trinajstić information content (AvgIpc) is 2.45. The molecule has 0 unspecified atom stereocenters. The molecule has 1 aromatic heterocycles. The van der Waals surface area contributed by atoms with E-state index < -0.39 is 29.4 Å². The Morgan fingerprint density at radius 2 is 2.23 bits per heavy atom. The van der Waals surface area contributed by atoms with Gasteiger partial charge in [0.2, 0.25) is 5.91 Å². The summed E-state index contributed by atoms with van der Waals surface area (Å²) < 4.78 is 13.4. The van der Waals surface area contributed by atoms with Gasteiger partial charge in [0.1, 0.15) is 11.5 Å². The van der Waals surface area contributed by atoms with Gasteiger partial charge in [-0.1, -0.05) is 17.7 Å². The minimum Gasteiger partial charge on any atom is -0.273 e. The van der Waals surface area contributed by atoms with Crippen LogP contribution in [-0.2, 0) is 11.2 Å². The number of rotatable bonds is 4. The Kier molecular flexibility index (Phi) is 4.79. The highest BCUT2D eigenvalue weighted by Crippen LogP contribution is 2.16. The molecule has 1 heterocycles. The van der Waals surface area contributed by atoms with Gasteiger partial charge in [0.15, 0.2) is 0 Å². The normalized spacial score (nSPS) is 10.8. The fourth-order valence-corrected chi connectivity index (χ4v) is 1.70. The van der Waals surface area contributed by atoms with Crippen molar-refractivity contribution >= 4 is 23.7 Å². The summed E-state index contributed by atoms with van der Waals surface area (Å²) in [6.45, 7) is 0. The lowest BCUT2D eigenvalue weighted by Gasteiger charge is -2.00. The predicted octanol–water partition coefficient (Wildman–Crippen LogP) is -0.0565. The molecular weight excluding hydrogens is 317 g/mol. The molecule has 114 valence electrons. The Labute approximate surface area is 127 Å². The van der Waals surface area contributed by atoms with Crippen LogP contribution in [0.3, 0.4) is 0 Å².